The van der Waals surface area contributed by atoms with Gasteiger partial charge in [0.05, 0.1) is 5.52 Å². The van der Waals surface area contributed by atoms with Gasteiger partial charge in [-0.3, -0.25) is 4.79 Å². The SMILES string of the molecule is Cc1cc(OCC(=O)N=Nc2c(O)[nH]c3ccc(Br)cc23)ccc1Br. The summed E-state index contributed by atoms with van der Waals surface area (Å²) in [5.41, 5.74) is 1.91. The van der Waals surface area contributed by atoms with Crippen LogP contribution < -0.4 is 4.74 Å². The van der Waals surface area contributed by atoms with Gasteiger partial charge in [-0.05, 0) is 48.9 Å². The van der Waals surface area contributed by atoms with Crippen molar-refractivity contribution in [2.24, 2.45) is 10.2 Å². The lowest BCUT2D eigenvalue weighted by Crippen LogP contribution is -2.07. The number of aromatic amines is 1. The predicted molar refractivity (Wildman–Crippen MR) is 102 cm³/mol. The number of hydrogen-bond donors (Lipinski definition) is 2. The van der Waals surface area contributed by atoms with Gasteiger partial charge in [0.25, 0.3) is 0 Å². The molecule has 1 amide bonds. The van der Waals surface area contributed by atoms with Crippen LogP contribution in [0.2, 0.25) is 0 Å². The number of nitrogens with one attached hydrogen (secondary N) is 1. The molecule has 0 saturated carbocycles. The van der Waals surface area contributed by atoms with Gasteiger partial charge in [-0.25, -0.2) is 0 Å². The average molecular weight is 467 g/mol. The van der Waals surface area contributed by atoms with E-state index in [0.29, 0.717) is 16.7 Å². The molecule has 2 N–H and O–H groups in total. The monoisotopic (exact) mass is 465 g/mol. The van der Waals surface area contributed by atoms with Crippen LogP contribution in [0.5, 0.6) is 11.6 Å². The maximum atomic E-state index is 11.9. The minimum absolute atomic E-state index is 0.144. The first-order valence-corrected chi connectivity index (χ1v) is 8.86. The summed E-state index contributed by atoms with van der Waals surface area (Å²) in [6.07, 6.45) is 0. The maximum absolute atomic E-state index is 11.9. The molecule has 3 rings (SSSR count). The van der Waals surface area contributed by atoms with Crippen LogP contribution in [0.4, 0.5) is 5.69 Å². The number of halogens is 2. The maximum Gasteiger partial charge on any atom is 0.302 e. The van der Waals surface area contributed by atoms with E-state index >= 15 is 0 Å². The van der Waals surface area contributed by atoms with Crippen molar-refractivity contribution in [3.63, 3.8) is 0 Å². The summed E-state index contributed by atoms with van der Waals surface area (Å²) < 4.78 is 7.20. The molecule has 0 fully saturated rings. The van der Waals surface area contributed by atoms with Crippen molar-refractivity contribution in [1.29, 1.82) is 0 Å². The zero-order valence-electron chi connectivity index (χ0n) is 13.1. The van der Waals surface area contributed by atoms with Crippen molar-refractivity contribution in [3.8, 4) is 11.6 Å². The molecular formula is C17H13Br2N3O3. The molecular weight excluding hydrogens is 454 g/mol. The quantitative estimate of drug-likeness (QED) is 0.505. The number of fused-ring (bicyclic) bond motifs is 1. The molecule has 0 aliphatic rings. The highest BCUT2D eigenvalue weighted by molar-refractivity contribution is 9.10. The molecule has 0 radical (unpaired) electrons. The van der Waals surface area contributed by atoms with Crippen LogP contribution in [0.15, 0.2) is 55.6 Å². The van der Waals surface area contributed by atoms with E-state index in [0.717, 1.165) is 14.5 Å². The van der Waals surface area contributed by atoms with Crippen molar-refractivity contribution in [3.05, 3.63) is 50.9 Å². The lowest BCUT2D eigenvalue weighted by molar-refractivity contribution is -0.120. The summed E-state index contributed by atoms with van der Waals surface area (Å²) >= 11 is 6.76. The van der Waals surface area contributed by atoms with Crippen molar-refractivity contribution in [2.75, 3.05) is 6.61 Å². The molecule has 1 heterocycles. The summed E-state index contributed by atoms with van der Waals surface area (Å²) in [6, 6.07) is 10.8. The van der Waals surface area contributed by atoms with Crippen LogP contribution in [0.25, 0.3) is 10.9 Å². The number of aromatic nitrogens is 1. The van der Waals surface area contributed by atoms with Crippen molar-refractivity contribution in [1.82, 2.24) is 4.98 Å². The minimum atomic E-state index is -0.552. The Morgan fingerprint density at radius 3 is 2.80 bits per heavy atom. The summed E-state index contributed by atoms with van der Waals surface area (Å²) in [5, 5.41) is 18.1. The molecule has 0 aliphatic carbocycles. The third kappa shape index (κ3) is 4.08. The third-order valence-electron chi connectivity index (χ3n) is 3.47. The molecule has 0 saturated heterocycles. The highest BCUT2D eigenvalue weighted by Gasteiger charge is 2.11. The molecule has 3 aromatic rings. The number of carbonyl (C=O) groups is 1. The van der Waals surface area contributed by atoms with Crippen molar-refractivity contribution in [2.45, 2.75) is 6.92 Å². The summed E-state index contributed by atoms with van der Waals surface area (Å²) in [7, 11) is 0. The van der Waals surface area contributed by atoms with Gasteiger partial charge in [0, 0.05) is 14.3 Å². The number of amides is 1. The number of nitrogens with zero attached hydrogens (tertiary/aromatic N) is 2. The number of aromatic hydroxyl groups is 1. The second kappa shape index (κ2) is 7.37. The highest BCUT2D eigenvalue weighted by Crippen LogP contribution is 2.36. The lowest BCUT2D eigenvalue weighted by Gasteiger charge is -2.05. The first-order valence-electron chi connectivity index (χ1n) is 7.28. The largest absolute Gasteiger partial charge is 0.493 e. The Bertz CT molecular complexity index is 983. The first-order chi connectivity index (χ1) is 11.9. The summed E-state index contributed by atoms with van der Waals surface area (Å²) in [4.78, 5) is 14.7. The fraction of sp³-hybridized carbons (Fsp3) is 0.118. The Balaban J connectivity index is 1.71. The Labute approximate surface area is 160 Å². The molecule has 0 spiro atoms. The normalized spacial score (nSPS) is 11.3. The molecule has 6 nitrogen and oxygen atoms in total. The van der Waals surface area contributed by atoms with Crippen molar-refractivity contribution < 1.29 is 14.6 Å². The molecule has 2 aromatic carbocycles. The van der Waals surface area contributed by atoms with E-state index < -0.39 is 5.91 Å². The van der Waals surface area contributed by atoms with E-state index in [2.05, 4.69) is 47.1 Å². The van der Waals surface area contributed by atoms with Crippen LogP contribution in [-0.4, -0.2) is 22.6 Å². The first kappa shape index (κ1) is 17.6. The number of benzene rings is 2. The summed E-state index contributed by atoms with van der Waals surface area (Å²) in [5.74, 6) is -0.124. The molecule has 0 unspecified atom stereocenters. The molecule has 0 bridgehead atoms. The number of ether oxygens (including phenoxy) is 1. The van der Waals surface area contributed by atoms with E-state index in [-0.39, 0.29) is 18.2 Å². The fourth-order valence-corrected chi connectivity index (χ4v) is 2.83. The van der Waals surface area contributed by atoms with Gasteiger partial charge in [0.2, 0.25) is 5.88 Å². The number of carbonyl (C=O) groups excluding carboxylic acids is 1. The minimum Gasteiger partial charge on any atom is -0.493 e. The zero-order valence-corrected chi connectivity index (χ0v) is 16.3. The van der Waals surface area contributed by atoms with E-state index in [4.69, 9.17) is 4.74 Å². The van der Waals surface area contributed by atoms with E-state index in [1.807, 2.05) is 25.1 Å². The lowest BCUT2D eigenvalue weighted by atomic mass is 10.2. The van der Waals surface area contributed by atoms with E-state index in [9.17, 15) is 9.90 Å². The van der Waals surface area contributed by atoms with Crippen molar-refractivity contribution >= 4 is 54.4 Å². The second-order valence-corrected chi connectivity index (χ2v) is 7.08. The molecule has 25 heavy (non-hydrogen) atoms. The highest BCUT2D eigenvalue weighted by atomic mass is 79.9. The topological polar surface area (TPSA) is 87.0 Å². The van der Waals surface area contributed by atoms with E-state index in [1.54, 1.807) is 18.2 Å². The Hall–Kier alpha value is -2.19. The smallest absolute Gasteiger partial charge is 0.302 e. The molecule has 0 aliphatic heterocycles. The van der Waals surface area contributed by atoms with Crippen LogP contribution in [-0.2, 0) is 4.79 Å². The van der Waals surface area contributed by atoms with E-state index in [1.165, 1.54) is 0 Å². The van der Waals surface area contributed by atoms with Gasteiger partial charge < -0.3 is 14.8 Å². The predicted octanol–water partition coefficient (Wildman–Crippen LogP) is 5.40. The van der Waals surface area contributed by atoms with Gasteiger partial charge in [-0.15, -0.1) is 10.2 Å². The van der Waals surface area contributed by atoms with Crippen LogP contribution in [0, 0.1) is 6.92 Å². The number of aryl methyl sites for hydroxylation is 1. The van der Waals surface area contributed by atoms with Crippen LogP contribution in [0.3, 0.4) is 0 Å². The standard InChI is InChI=1S/C17H13Br2N3O3/c1-9-6-11(3-4-13(9)19)25-8-15(23)21-22-16-12-7-10(18)2-5-14(12)20-17(16)24/h2-7,20,24H,8H2,1H3. The molecule has 128 valence electrons. The molecule has 8 heteroatoms. The molecule has 0 atom stereocenters. The second-order valence-electron chi connectivity index (χ2n) is 5.31. The van der Waals surface area contributed by atoms with Crippen LogP contribution in [0.1, 0.15) is 5.56 Å². The van der Waals surface area contributed by atoms with Gasteiger partial charge in [-0.2, -0.15) is 0 Å². The number of H-pyrrole nitrogens is 1. The number of azo groups is 1. The Morgan fingerprint density at radius 2 is 2.04 bits per heavy atom. The molecule has 1 aromatic heterocycles. The zero-order chi connectivity index (χ0) is 18.0. The van der Waals surface area contributed by atoms with Gasteiger partial charge >= 0.3 is 5.91 Å². The average Bonchev–Trinajstić information content (AvgIpc) is 2.88. The van der Waals surface area contributed by atoms with Gasteiger partial charge in [0.1, 0.15) is 5.75 Å². The Kier molecular flexibility index (Phi) is 5.19. The number of rotatable bonds is 4. The van der Waals surface area contributed by atoms with Gasteiger partial charge in [0.15, 0.2) is 12.3 Å². The van der Waals surface area contributed by atoms with Crippen LogP contribution >= 0.6 is 31.9 Å². The third-order valence-corrected chi connectivity index (χ3v) is 4.85. The van der Waals surface area contributed by atoms with Gasteiger partial charge in [-0.1, -0.05) is 31.9 Å². The Morgan fingerprint density at radius 1 is 1.24 bits per heavy atom. The number of hydrogen-bond acceptors (Lipinski definition) is 4. The summed E-state index contributed by atoms with van der Waals surface area (Å²) in [6.45, 7) is 1.69. The fourth-order valence-electron chi connectivity index (χ4n) is 2.22.